The molecule has 0 atom stereocenters. The second-order valence-corrected chi connectivity index (χ2v) is 7.61. The van der Waals surface area contributed by atoms with E-state index in [9.17, 15) is 5.21 Å². The smallest absolute Gasteiger partial charge is 0.178 e. The SMILES string of the molecule is COc1ccc(COCCC2=C(/C=[N+](\[O-])C(C)(C)C)CCCC2)cc1. The van der Waals surface area contributed by atoms with Gasteiger partial charge in [0.25, 0.3) is 0 Å². The molecule has 0 radical (unpaired) electrons. The number of allylic oxidation sites excluding steroid dienone is 1. The third kappa shape index (κ3) is 6.20. The molecule has 1 aliphatic carbocycles. The van der Waals surface area contributed by atoms with Crippen LogP contribution in [0.1, 0.15) is 58.4 Å². The maximum Gasteiger partial charge on any atom is 0.178 e. The average molecular weight is 345 g/mol. The van der Waals surface area contributed by atoms with Gasteiger partial charge in [-0.3, -0.25) is 0 Å². The Kier molecular flexibility index (Phi) is 7.06. The largest absolute Gasteiger partial charge is 0.623 e. The Morgan fingerprint density at radius 3 is 2.44 bits per heavy atom. The predicted molar refractivity (Wildman–Crippen MR) is 102 cm³/mol. The third-order valence-electron chi connectivity index (χ3n) is 4.54. The van der Waals surface area contributed by atoms with Crippen LogP contribution in [0, 0.1) is 5.21 Å². The van der Waals surface area contributed by atoms with Gasteiger partial charge in [0.15, 0.2) is 11.8 Å². The van der Waals surface area contributed by atoms with E-state index >= 15 is 0 Å². The molecule has 1 aromatic carbocycles. The summed E-state index contributed by atoms with van der Waals surface area (Å²) in [6.07, 6.45) is 7.16. The highest BCUT2D eigenvalue weighted by Gasteiger charge is 2.20. The minimum Gasteiger partial charge on any atom is -0.623 e. The van der Waals surface area contributed by atoms with Crippen molar-refractivity contribution in [3.05, 3.63) is 46.2 Å². The van der Waals surface area contributed by atoms with E-state index in [-0.39, 0.29) is 5.54 Å². The minimum atomic E-state index is -0.388. The van der Waals surface area contributed by atoms with Gasteiger partial charge in [0.05, 0.1) is 20.3 Å². The Bertz CT molecular complexity index is 609. The molecule has 0 bridgehead atoms. The molecule has 0 saturated heterocycles. The highest BCUT2D eigenvalue weighted by molar-refractivity contribution is 5.76. The molecule has 0 saturated carbocycles. The lowest BCUT2D eigenvalue weighted by Gasteiger charge is -2.22. The topological polar surface area (TPSA) is 44.5 Å². The van der Waals surface area contributed by atoms with Crippen molar-refractivity contribution in [2.45, 2.75) is 65.0 Å². The number of ether oxygens (including phenoxy) is 2. The van der Waals surface area contributed by atoms with Crippen molar-refractivity contribution in [3.63, 3.8) is 0 Å². The van der Waals surface area contributed by atoms with Crippen LogP contribution in [0.2, 0.25) is 0 Å². The van der Waals surface area contributed by atoms with E-state index < -0.39 is 0 Å². The van der Waals surface area contributed by atoms with E-state index in [0.717, 1.165) is 35.3 Å². The van der Waals surface area contributed by atoms with Crippen molar-refractivity contribution in [3.8, 4) is 5.75 Å². The van der Waals surface area contributed by atoms with Gasteiger partial charge < -0.3 is 14.7 Å². The Balaban J connectivity index is 1.90. The van der Waals surface area contributed by atoms with Crippen LogP contribution in [0.4, 0.5) is 0 Å². The Hall–Kier alpha value is -1.81. The molecule has 0 N–H and O–H groups in total. The zero-order chi connectivity index (χ0) is 18.3. The first-order valence-corrected chi connectivity index (χ1v) is 9.13. The molecule has 4 heteroatoms. The van der Waals surface area contributed by atoms with Gasteiger partial charge in [-0.05, 0) is 49.8 Å². The van der Waals surface area contributed by atoms with Crippen molar-refractivity contribution in [2.24, 2.45) is 0 Å². The second kappa shape index (κ2) is 9.04. The van der Waals surface area contributed by atoms with Gasteiger partial charge in [-0.1, -0.05) is 17.7 Å². The molecule has 2 rings (SSSR count). The van der Waals surface area contributed by atoms with Crippen LogP contribution < -0.4 is 4.74 Å². The summed E-state index contributed by atoms with van der Waals surface area (Å²) in [7, 11) is 1.67. The summed E-state index contributed by atoms with van der Waals surface area (Å²) in [4.78, 5) is 0. The van der Waals surface area contributed by atoms with Crippen LogP contribution in [0.25, 0.3) is 0 Å². The summed E-state index contributed by atoms with van der Waals surface area (Å²) in [6.45, 7) is 7.12. The molecule has 138 valence electrons. The molecule has 1 aromatic rings. The number of methoxy groups -OCH3 is 1. The first-order valence-electron chi connectivity index (χ1n) is 9.13. The van der Waals surface area contributed by atoms with Gasteiger partial charge in [-0.15, -0.1) is 0 Å². The molecule has 25 heavy (non-hydrogen) atoms. The van der Waals surface area contributed by atoms with Crippen LogP contribution in [0.15, 0.2) is 35.4 Å². The quantitative estimate of drug-likeness (QED) is 0.233. The Morgan fingerprint density at radius 2 is 1.80 bits per heavy atom. The van der Waals surface area contributed by atoms with Gasteiger partial charge in [0.1, 0.15) is 5.75 Å². The van der Waals surface area contributed by atoms with E-state index in [1.165, 1.54) is 24.0 Å². The lowest BCUT2D eigenvalue weighted by molar-refractivity contribution is -0.530. The molecule has 0 unspecified atom stereocenters. The zero-order valence-electron chi connectivity index (χ0n) is 16.0. The molecule has 0 heterocycles. The average Bonchev–Trinajstić information content (AvgIpc) is 2.59. The maximum absolute atomic E-state index is 12.2. The van der Waals surface area contributed by atoms with Crippen LogP contribution in [-0.2, 0) is 11.3 Å². The van der Waals surface area contributed by atoms with E-state index in [2.05, 4.69) is 0 Å². The molecule has 0 spiro atoms. The van der Waals surface area contributed by atoms with E-state index in [1.807, 2.05) is 45.0 Å². The van der Waals surface area contributed by atoms with Crippen LogP contribution in [0.3, 0.4) is 0 Å². The van der Waals surface area contributed by atoms with Crippen LogP contribution in [-0.4, -0.2) is 30.2 Å². The number of hydroxylamine groups is 1. The number of benzene rings is 1. The summed E-state index contributed by atoms with van der Waals surface area (Å²) in [5, 5.41) is 12.2. The zero-order valence-corrected chi connectivity index (χ0v) is 16.0. The van der Waals surface area contributed by atoms with Gasteiger partial charge in [-0.2, -0.15) is 0 Å². The van der Waals surface area contributed by atoms with Gasteiger partial charge in [0, 0.05) is 26.3 Å². The summed E-state index contributed by atoms with van der Waals surface area (Å²) in [5.74, 6) is 0.859. The van der Waals surface area contributed by atoms with Gasteiger partial charge in [-0.25, -0.2) is 4.74 Å². The summed E-state index contributed by atoms with van der Waals surface area (Å²) in [6, 6.07) is 7.95. The van der Waals surface area contributed by atoms with Crippen molar-refractivity contribution >= 4 is 6.21 Å². The summed E-state index contributed by atoms with van der Waals surface area (Å²) >= 11 is 0. The minimum absolute atomic E-state index is 0.388. The highest BCUT2D eigenvalue weighted by atomic mass is 16.5. The summed E-state index contributed by atoms with van der Waals surface area (Å²) in [5.41, 5.74) is 3.35. The summed E-state index contributed by atoms with van der Waals surface area (Å²) < 4.78 is 12.1. The Labute approximate surface area is 151 Å². The predicted octanol–water partition coefficient (Wildman–Crippen LogP) is 4.85. The molecule has 0 aromatic heterocycles. The van der Waals surface area contributed by atoms with Gasteiger partial charge in [0.2, 0.25) is 0 Å². The molecule has 0 aliphatic heterocycles. The maximum atomic E-state index is 12.2. The van der Waals surface area contributed by atoms with E-state index in [1.54, 1.807) is 13.3 Å². The fourth-order valence-electron chi connectivity index (χ4n) is 2.87. The van der Waals surface area contributed by atoms with Gasteiger partial charge >= 0.3 is 0 Å². The molecule has 0 fully saturated rings. The monoisotopic (exact) mass is 345 g/mol. The van der Waals surface area contributed by atoms with Crippen LogP contribution >= 0.6 is 0 Å². The van der Waals surface area contributed by atoms with E-state index in [4.69, 9.17) is 9.47 Å². The second-order valence-electron chi connectivity index (χ2n) is 7.61. The van der Waals surface area contributed by atoms with Crippen molar-refractivity contribution < 1.29 is 14.2 Å². The molecule has 0 amide bonds. The lowest BCUT2D eigenvalue weighted by Crippen LogP contribution is -2.30. The molecule has 4 nitrogen and oxygen atoms in total. The number of hydrogen-bond acceptors (Lipinski definition) is 3. The number of hydrogen-bond donors (Lipinski definition) is 0. The Morgan fingerprint density at radius 1 is 1.12 bits per heavy atom. The lowest BCUT2D eigenvalue weighted by atomic mass is 9.90. The third-order valence-corrected chi connectivity index (χ3v) is 4.54. The first-order chi connectivity index (χ1) is 11.9. The first kappa shape index (κ1) is 19.5. The van der Waals surface area contributed by atoms with Crippen molar-refractivity contribution in [1.82, 2.24) is 0 Å². The van der Waals surface area contributed by atoms with E-state index in [0.29, 0.717) is 13.2 Å². The normalized spacial score (nSPS) is 16.2. The standard InChI is InChI=1S/C21H31NO3/c1-21(2,3)22(23)15-19-8-6-5-7-18(19)13-14-25-16-17-9-11-20(24-4)12-10-17/h9-12,15H,5-8,13-14,16H2,1-4H3/b22-15-. The molecular weight excluding hydrogens is 314 g/mol. The molecule has 1 aliphatic rings. The number of rotatable bonds is 7. The van der Waals surface area contributed by atoms with Crippen LogP contribution in [0.5, 0.6) is 5.75 Å². The highest BCUT2D eigenvalue weighted by Crippen LogP contribution is 2.26. The number of nitrogens with zero attached hydrogens (tertiary/aromatic N) is 1. The fraction of sp³-hybridized carbons (Fsp3) is 0.571. The fourth-order valence-corrected chi connectivity index (χ4v) is 2.87. The van der Waals surface area contributed by atoms with Crippen molar-refractivity contribution in [1.29, 1.82) is 0 Å². The molecular formula is C21H31NO3. The van der Waals surface area contributed by atoms with Crippen molar-refractivity contribution in [2.75, 3.05) is 13.7 Å².